The van der Waals surface area contributed by atoms with Gasteiger partial charge in [-0.3, -0.25) is 4.79 Å². The zero-order valence-electron chi connectivity index (χ0n) is 12.1. The Morgan fingerprint density at radius 1 is 1.22 bits per heavy atom. The molecule has 0 aliphatic carbocycles. The number of hydrogen-bond donors (Lipinski definition) is 1. The van der Waals surface area contributed by atoms with Crippen molar-refractivity contribution < 1.29 is 0 Å². The van der Waals surface area contributed by atoms with Gasteiger partial charge in [-0.2, -0.15) is 0 Å². The summed E-state index contributed by atoms with van der Waals surface area (Å²) in [6.45, 7) is 8.13. The topological polar surface area (TPSA) is 32.3 Å². The van der Waals surface area contributed by atoms with Gasteiger partial charge in [0.1, 0.15) is 4.51 Å². The Hall–Kier alpha value is -0.740. The molecular weight excluding hydrogens is 244 g/mol. The van der Waals surface area contributed by atoms with E-state index in [1.807, 2.05) is 0 Å². The Morgan fingerprint density at radius 3 is 2.33 bits per heavy atom. The van der Waals surface area contributed by atoms with Crippen LogP contribution in [0.1, 0.15) is 39.2 Å². The van der Waals surface area contributed by atoms with Crippen LogP contribution in [-0.2, 0) is 5.41 Å². The molecule has 102 valence electrons. The van der Waals surface area contributed by atoms with Gasteiger partial charge in [-0.05, 0) is 38.9 Å². The lowest BCUT2D eigenvalue weighted by molar-refractivity contribution is 0.396. The van der Waals surface area contributed by atoms with Gasteiger partial charge in [0.05, 0.1) is 5.69 Å². The van der Waals surface area contributed by atoms with Gasteiger partial charge in [0.15, 0.2) is 0 Å². The molecule has 0 aromatic heterocycles. The van der Waals surface area contributed by atoms with Crippen molar-refractivity contribution in [1.29, 1.82) is 0 Å². The predicted octanol–water partition coefficient (Wildman–Crippen LogP) is 2.70. The molecule has 0 heterocycles. The highest BCUT2D eigenvalue weighted by Crippen LogP contribution is 2.30. The Morgan fingerprint density at radius 2 is 1.83 bits per heavy atom. The maximum Gasteiger partial charge on any atom is 0.204 e. The molecule has 0 bridgehead atoms. The molecule has 0 radical (unpaired) electrons. The first-order valence-corrected chi connectivity index (χ1v) is 6.88. The van der Waals surface area contributed by atoms with Crippen molar-refractivity contribution in [2.75, 3.05) is 32.5 Å². The van der Waals surface area contributed by atoms with Crippen molar-refractivity contribution in [3.05, 3.63) is 20.3 Å². The van der Waals surface area contributed by atoms with Gasteiger partial charge in [0.25, 0.3) is 0 Å². The van der Waals surface area contributed by atoms with E-state index in [9.17, 15) is 4.79 Å². The van der Waals surface area contributed by atoms with E-state index in [0.29, 0.717) is 4.51 Å². The summed E-state index contributed by atoms with van der Waals surface area (Å²) >= 11 is 5.12. The maximum atomic E-state index is 11.8. The van der Waals surface area contributed by atoms with Gasteiger partial charge in [-0.15, -0.1) is 0 Å². The molecule has 0 fully saturated rings. The van der Waals surface area contributed by atoms with E-state index in [1.54, 1.807) is 0 Å². The second-order valence-electron chi connectivity index (χ2n) is 6.10. The summed E-state index contributed by atoms with van der Waals surface area (Å²) < 4.78 is 0.479. The molecule has 1 rings (SSSR count). The standard InChI is InChI=1S/C14H24N2OS/c1-14(2,3)10-11(13(18)12(10)17)15-8-6-7-9-16(4)5/h15H,6-9H2,1-5H3. The molecule has 18 heavy (non-hydrogen) atoms. The van der Waals surface area contributed by atoms with Gasteiger partial charge in [-0.1, -0.05) is 33.0 Å². The van der Waals surface area contributed by atoms with Crippen molar-refractivity contribution in [3.8, 4) is 0 Å². The number of nitrogens with zero attached hydrogens (tertiary/aromatic N) is 1. The largest absolute Gasteiger partial charge is 0.383 e. The molecule has 0 saturated carbocycles. The van der Waals surface area contributed by atoms with Crippen LogP contribution >= 0.6 is 12.2 Å². The molecule has 0 aliphatic rings. The Kier molecular flexibility index (Phi) is 5.05. The molecule has 0 unspecified atom stereocenters. The summed E-state index contributed by atoms with van der Waals surface area (Å²) in [7, 11) is 4.15. The maximum absolute atomic E-state index is 11.8. The zero-order chi connectivity index (χ0) is 13.9. The van der Waals surface area contributed by atoms with Crippen molar-refractivity contribution >= 4 is 17.9 Å². The second-order valence-corrected chi connectivity index (χ2v) is 6.50. The molecule has 4 heteroatoms. The molecule has 1 aromatic carbocycles. The summed E-state index contributed by atoms with van der Waals surface area (Å²) in [4.78, 5) is 13.9. The van der Waals surface area contributed by atoms with Crippen LogP contribution in [0.5, 0.6) is 0 Å². The molecule has 0 atom stereocenters. The number of anilines is 1. The normalized spacial score (nSPS) is 12.3. The first kappa shape index (κ1) is 15.3. The van der Waals surface area contributed by atoms with E-state index in [1.165, 1.54) is 0 Å². The predicted molar refractivity (Wildman–Crippen MR) is 80.9 cm³/mol. The third-order valence-corrected chi connectivity index (χ3v) is 3.38. The molecule has 1 N–H and O–H groups in total. The summed E-state index contributed by atoms with van der Waals surface area (Å²) in [5.74, 6) is 0. The van der Waals surface area contributed by atoms with E-state index in [-0.39, 0.29) is 10.8 Å². The fourth-order valence-electron chi connectivity index (χ4n) is 2.04. The highest BCUT2D eigenvalue weighted by atomic mass is 32.1. The Balaban J connectivity index is 2.52. The second kappa shape index (κ2) is 5.93. The molecule has 0 spiro atoms. The van der Waals surface area contributed by atoms with Crippen LogP contribution in [0.3, 0.4) is 0 Å². The smallest absolute Gasteiger partial charge is 0.204 e. The minimum absolute atomic E-state index is 0.0493. The quantitative estimate of drug-likeness (QED) is 0.635. The molecule has 0 saturated heterocycles. The highest BCUT2D eigenvalue weighted by molar-refractivity contribution is 7.71. The van der Waals surface area contributed by atoms with Crippen LogP contribution in [0, 0.1) is 4.51 Å². The van der Waals surface area contributed by atoms with Gasteiger partial charge in [0.2, 0.25) is 5.43 Å². The van der Waals surface area contributed by atoms with Crippen LogP contribution in [0.15, 0.2) is 4.79 Å². The monoisotopic (exact) mass is 268 g/mol. The van der Waals surface area contributed by atoms with E-state index in [0.717, 1.165) is 37.2 Å². The minimum atomic E-state index is -0.120. The Bertz CT molecular complexity index is 465. The molecule has 1 aromatic rings. The highest BCUT2D eigenvalue weighted by Gasteiger charge is 2.27. The van der Waals surface area contributed by atoms with Crippen LogP contribution in [0.2, 0.25) is 0 Å². The van der Waals surface area contributed by atoms with E-state index >= 15 is 0 Å². The fourth-order valence-corrected chi connectivity index (χ4v) is 2.32. The van der Waals surface area contributed by atoms with Gasteiger partial charge >= 0.3 is 0 Å². The van der Waals surface area contributed by atoms with Crippen LogP contribution < -0.4 is 10.7 Å². The third-order valence-electron chi connectivity index (χ3n) is 2.99. The first-order valence-electron chi connectivity index (χ1n) is 6.47. The minimum Gasteiger partial charge on any atom is -0.383 e. The summed E-state index contributed by atoms with van der Waals surface area (Å²) in [6.07, 6.45) is 2.24. The summed E-state index contributed by atoms with van der Waals surface area (Å²) in [5, 5.41) is 3.33. The lowest BCUT2D eigenvalue weighted by Crippen LogP contribution is -2.31. The average molecular weight is 268 g/mol. The summed E-state index contributed by atoms with van der Waals surface area (Å²) in [5.41, 5.74) is 1.70. The molecule has 0 aliphatic heterocycles. The lowest BCUT2D eigenvalue weighted by atomic mass is 9.82. The van der Waals surface area contributed by atoms with Crippen molar-refractivity contribution in [1.82, 2.24) is 4.90 Å². The van der Waals surface area contributed by atoms with Crippen molar-refractivity contribution in [2.24, 2.45) is 0 Å². The fraction of sp³-hybridized carbons (Fsp3) is 0.714. The molecule has 0 amide bonds. The van der Waals surface area contributed by atoms with E-state index in [4.69, 9.17) is 12.2 Å². The SMILES string of the molecule is CN(C)CCCCNc1c(C(C)(C)C)c(=O)c1=S. The number of nitrogens with one attached hydrogen (secondary N) is 1. The molecule has 3 nitrogen and oxygen atoms in total. The van der Waals surface area contributed by atoms with Crippen LogP contribution in [0.4, 0.5) is 5.69 Å². The van der Waals surface area contributed by atoms with Gasteiger partial charge < -0.3 is 10.2 Å². The van der Waals surface area contributed by atoms with Gasteiger partial charge in [-0.25, -0.2) is 0 Å². The van der Waals surface area contributed by atoms with Crippen LogP contribution in [-0.4, -0.2) is 32.1 Å². The van der Waals surface area contributed by atoms with E-state index < -0.39 is 0 Å². The Labute approximate surface area is 115 Å². The average Bonchev–Trinajstić information content (AvgIpc) is 2.24. The van der Waals surface area contributed by atoms with Crippen molar-refractivity contribution in [2.45, 2.75) is 39.0 Å². The number of hydrogen-bond acceptors (Lipinski definition) is 4. The zero-order valence-corrected chi connectivity index (χ0v) is 12.9. The summed E-state index contributed by atoms with van der Waals surface area (Å²) in [6, 6.07) is 0. The lowest BCUT2D eigenvalue weighted by Gasteiger charge is -2.25. The van der Waals surface area contributed by atoms with E-state index in [2.05, 4.69) is 45.1 Å². The first-order chi connectivity index (χ1) is 8.25. The molecular formula is C14H24N2OS. The third kappa shape index (κ3) is 3.62. The van der Waals surface area contributed by atoms with Crippen LogP contribution in [0.25, 0.3) is 0 Å². The number of unbranched alkanes of at least 4 members (excludes halogenated alkanes) is 1. The number of rotatable bonds is 6. The van der Waals surface area contributed by atoms with Gasteiger partial charge in [0, 0.05) is 12.1 Å². The van der Waals surface area contributed by atoms with Crippen molar-refractivity contribution in [3.63, 3.8) is 0 Å².